The van der Waals surface area contributed by atoms with Gasteiger partial charge in [-0.2, -0.15) is 0 Å². The Hall–Kier alpha value is -3.09. The van der Waals surface area contributed by atoms with Crippen LogP contribution in [0, 0.1) is 5.82 Å². The van der Waals surface area contributed by atoms with Gasteiger partial charge in [0.15, 0.2) is 11.5 Å². The number of nitrogens with zero attached hydrogens (tertiary/aromatic N) is 1. The number of amides is 1. The molecule has 1 atom stereocenters. The summed E-state index contributed by atoms with van der Waals surface area (Å²) in [6.07, 6.45) is -0.403. The Morgan fingerprint density at radius 1 is 1.23 bits per heavy atom. The summed E-state index contributed by atoms with van der Waals surface area (Å²) in [5.41, 5.74) is 2.14. The molecule has 0 saturated carbocycles. The van der Waals surface area contributed by atoms with Crippen LogP contribution in [0.2, 0.25) is 0 Å². The highest BCUT2D eigenvalue weighted by Gasteiger charge is 2.30. The van der Waals surface area contributed by atoms with E-state index in [-0.39, 0.29) is 18.3 Å². The lowest BCUT2D eigenvalue weighted by Gasteiger charge is -2.12. The van der Waals surface area contributed by atoms with Crippen molar-refractivity contribution >= 4 is 11.6 Å². The number of hydrogen-bond donors (Lipinski definition) is 1. The average molecular weight is 358 g/mol. The topological polar surface area (TPSA) is 69.2 Å². The van der Waals surface area contributed by atoms with Gasteiger partial charge < -0.3 is 19.6 Å². The van der Waals surface area contributed by atoms with E-state index in [4.69, 9.17) is 14.3 Å². The van der Waals surface area contributed by atoms with Crippen molar-refractivity contribution in [2.45, 2.75) is 19.1 Å². The van der Waals surface area contributed by atoms with Crippen molar-refractivity contribution in [3.8, 4) is 11.5 Å². The fourth-order valence-corrected chi connectivity index (χ4v) is 2.70. The van der Waals surface area contributed by atoms with Crippen LogP contribution in [0.15, 0.2) is 47.6 Å². The third-order valence-electron chi connectivity index (χ3n) is 4.06. The van der Waals surface area contributed by atoms with E-state index in [0.29, 0.717) is 23.6 Å². The maximum Gasteiger partial charge on any atom is 0.264 e. The predicted molar refractivity (Wildman–Crippen MR) is 93.8 cm³/mol. The summed E-state index contributed by atoms with van der Waals surface area (Å²) >= 11 is 0. The molecule has 1 heterocycles. The van der Waals surface area contributed by atoms with Gasteiger partial charge in [-0.3, -0.25) is 4.79 Å². The number of carbonyl (C=O) groups is 1. The quantitative estimate of drug-likeness (QED) is 0.862. The van der Waals surface area contributed by atoms with Gasteiger partial charge in [0.1, 0.15) is 5.82 Å². The monoisotopic (exact) mass is 358 g/mol. The van der Waals surface area contributed by atoms with E-state index in [1.807, 2.05) is 12.1 Å². The van der Waals surface area contributed by atoms with Crippen molar-refractivity contribution < 1.29 is 23.5 Å². The van der Waals surface area contributed by atoms with Crippen LogP contribution in [0.25, 0.3) is 0 Å². The van der Waals surface area contributed by atoms with Crippen LogP contribution in [-0.4, -0.2) is 31.9 Å². The maximum absolute atomic E-state index is 12.9. The van der Waals surface area contributed by atoms with Gasteiger partial charge in [-0.05, 0) is 29.8 Å². The van der Waals surface area contributed by atoms with Gasteiger partial charge in [0.2, 0.25) is 6.10 Å². The van der Waals surface area contributed by atoms with E-state index in [1.165, 1.54) is 12.1 Å². The second kappa shape index (κ2) is 7.86. The molecule has 1 N–H and O–H groups in total. The summed E-state index contributed by atoms with van der Waals surface area (Å²) in [4.78, 5) is 17.6. The number of carbonyl (C=O) groups excluding carboxylic acids is 1. The van der Waals surface area contributed by atoms with Crippen LogP contribution in [0.5, 0.6) is 11.5 Å². The molecule has 2 aromatic carbocycles. The van der Waals surface area contributed by atoms with Crippen LogP contribution in [0.3, 0.4) is 0 Å². The number of benzene rings is 2. The summed E-state index contributed by atoms with van der Waals surface area (Å²) in [6, 6.07) is 11.4. The molecule has 0 fully saturated rings. The average Bonchev–Trinajstić information content (AvgIpc) is 3.16. The van der Waals surface area contributed by atoms with Crippen molar-refractivity contribution in [1.82, 2.24) is 5.32 Å². The number of para-hydroxylation sites is 1. The van der Waals surface area contributed by atoms with Gasteiger partial charge in [0, 0.05) is 18.5 Å². The number of nitrogens with one attached hydrogen (secondary N) is 1. The number of oxime groups is 1. The lowest BCUT2D eigenvalue weighted by Crippen LogP contribution is -2.34. The molecule has 3 rings (SSSR count). The Bertz CT molecular complexity index is 821. The normalized spacial score (nSPS) is 15.8. The molecule has 2 aromatic rings. The smallest absolute Gasteiger partial charge is 0.264 e. The highest BCUT2D eigenvalue weighted by atomic mass is 19.1. The van der Waals surface area contributed by atoms with Crippen molar-refractivity contribution in [3.05, 3.63) is 59.4 Å². The number of halogens is 1. The van der Waals surface area contributed by atoms with Crippen LogP contribution < -0.4 is 14.8 Å². The molecule has 0 unspecified atom stereocenters. The molecule has 0 radical (unpaired) electrons. The molecule has 1 amide bonds. The summed E-state index contributed by atoms with van der Waals surface area (Å²) in [5.74, 6) is 0.529. The maximum atomic E-state index is 12.9. The Kier molecular flexibility index (Phi) is 5.36. The second-order valence-electron chi connectivity index (χ2n) is 5.72. The SMILES string of the molecule is COc1cccc(C2=NO[C@H](C(=O)NCc3ccc(F)cc3)C2)c1OC. The number of hydrogen-bond acceptors (Lipinski definition) is 5. The lowest BCUT2D eigenvalue weighted by atomic mass is 10.0. The van der Waals surface area contributed by atoms with Crippen molar-refractivity contribution in [1.29, 1.82) is 0 Å². The van der Waals surface area contributed by atoms with Crippen LogP contribution in [0.1, 0.15) is 17.5 Å². The minimum absolute atomic E-state index is 0.282. The summed E-state index contributed by atoms with van der Waals surface area (Å²) in [7, 11) is 3.10. The zero-order valence-electron chi connectivity index (χ0n) is 14.5. The highest BCUT2D eigenvalue weighted by Crippen LogP contribution is 2.33. The molecule has 6 nitrogen and oxygen atoms in total. The highest BCUT2D eigenvalue weighted by molar-refractivity contribution is 6.06. The predicted octanol–water partition coefficient (Wildman–Crippen LogP) is 2.65. The Labute approximate surface area is 150 Å². The molecule has 1 aliphatic rings. The van der Waals surface area contributed by atoms with E-state index in [0.717, 1.165) is 11.1 Å². The van der Waals surface area contributed by atoms with Gasteiger partial charge in [-0.15, -0.1) is 0 Å². The first-order valence-corrected chi connectivity index (χ1v) is 8.08. The minimum atomic E-state index is -0.721. The summed E-state index contributed by atoms with van der Waals surface area (Å²) < 4.78 is 23.6. The Morgan fingerprint density at radius 2 is 2.00 bits per heavy atom. The van der Waals surface area contributed by atoms with Crippen molar-refractivity contribution in [2.24, 2.45) is 5.16 Å². The minimum Gasteiger partial charge on any atom is -0.493 e. The fourth-order valence-electron chi connectivity index (χ4n) is 2.70. The summed E-state index contributed by atoms with van der Waals surface area (Å²) in [5, 5.41) is 6.80. The first-order chi connectivity index (χ1) is 12.6. The zero-order valence-corrected chi connectivity index (χ0v) is 14.5. The number of rotatable bonds is 6. The van der Waals surface area contributed by atoms with E-state index >= 15 is 0 Å². The Balaban J connectivity index is 1.63. The molecular formula is C19H19FN2O4. The molecule has 0 aromatic heterocycles. The lowest BCUT2D eigenvalue weighted by molar-refractivity contribution is -0.131. The number of ether oxygens (including phenoxy) is 2. The number of methoxy groups -OCH3 is 2. The summed E-state index contributed by atoms with van der Waals surface area (Å²) in [6.45, 7) is 0.288. The standard InChI is InChI=1S/C19H19FN2O4/c1-24-16-5-3-4-14(18(16)25-2)15-10-17(26-22-15)19(23)21-11-12-6-8-13(20)9-7-12/h3-9,17H,10-11H2,1-2H3,(H,21,23)/t17-/m0/s1. The van der Waals surface area contributed by atoms with Crippen LogP contribution >= 0.6 is 0 Å². The fraction of sp³-hybridized carbons (Fsp3) is 0.263. The molecule has 136 valence electrons. The van der Waals surface area contributed by atoms with E-state index < -0.39 is 6.10 Å². The molecule has 26 heavy (non-hydrogen) atoms. The largest absolute Gasteiger partial charge is 0.493 e. The second-order valence-corrected chi connectivity index (χ2v) is 5.72. The van der Waals surface area contributed by atoms with Gasteiger partial charge in [-0.25, -0.2) is 4.39 Å². The van der Waals surface area contributed by atoms with Crippen molar-refractivity contribution in [2.75, 3.05) is 14.2 Å². The van der Waals surface area contributed by atoms with E-state index in [9.17, 15) is 9.18 Å². The molecule has 1 aliphatic heterocycles. The van der Waals surface area contributed by atoms with E-state index in [2.05, 4.69) is 10.5 Å². The molecule has 0 saturated heterocycles. The van der Waals surface area contributed by atoms with Crippen molar-refractivity contribution in [3.63, 3.8) is 0 Å². The Morgan fingerprint density at radius 3 is 2.69 bits per heavy atom. The third-order valence-corrected chi connectivity index (χ3v) is 4.06. The van der Waals surface area contributed by atoms with E-state index in [1.54, 1.807) is 32.4 Å². The van der Waals surface area contributed by atoms with Gasteiger partial charge in [-0.1, -0.05) is 23.4 Å². The van der Waals surface area contributed by atoms with Gasteiger partial charge >= 0.3 is 0 Å². The molecule has 0 aliphatic carbocycles. The molecule has 0 spiro atoms. The van der Waals surface area contributed by atoms with Crippen LogP contribution in [-0.2, 0) is 16.2 Å². The zero-order chi connectivity index (χ0) is 18.5. The first kappa shape index (κ1) is 17.7. The van der Waals surface area contributed by atoms with Gasteiger partial charge in [0.05, 0.1) is 19.9 Å². The first-order valence-electron chi connectivity index (χ1n) is 8.08. The van der Waals surface area contributed by atoms with Gasteiger partial charge in [0.25, 0.3) is 5.91 Å². The molecule has 0 bridgehead atoms. The molecule has 7 heteroatoms. The van der Waals surface area contributed by atoms with Crippen LogP contribution in [0.4, 0.5) is 4.39 Å². The molecular weight excluding hydrogens is 339 g/mol. The third kappa shape index (κ3) is 3.77.